The number of ketones is 1. The number of carbonyl (C=O) groups is 1. The highest BCUT2D eigenvalue weighted by molar-refractivity contribution is 9.10. The second-order valence-corrected chi connectivity index (χ2v) is 6.34. The molecule has 0 spiro atoms. The molecule has 5 heteroatoms. The van der Waals surface area contributed by atoms with Gasteiger partial charge in [0.1, 0.15) is 11.5 Å². The van der Waals surface area contributed by atoms with Gasteiger partial charge in [0.2, 0.25) is 0 Å². The van der Waals surface area contributed by atoms with Crippen LogP contribution in [0.5, 0.6) is 5.75 Å². The third-order valence-electron chi connectivity index (χ3n) is 4.06. The molecule has 1 heterocycles. The van der Waals surface area contributed by atoms with Crippen molar-refractivity contribution in [2.24, 2.45) is 5.92 Å². The van der Waals surface area contributed by atoms with Gasteiger partial charge in [-0.25, -0.2) is 0 Å². The summed E-state index contributed by atoms with van der Waals surface area (Å²) < 4.78 is 8.25. The molecule has 106 valence electrons. The molecule has 20 heavy (non-hydrogen) atoms. The number of nitrogens with zero attached hydrogens (tertiary/aromatic N) is 2. The Morgan fingerprint density at radius 3 is 2.95 bits per heavy atom. The molecule has 1 fully saturated rings. The molecule has 0 unspecified atom stereocenters. The predicted octanol–water partition coefficient (Wildman–Crippen LogP) is 3.74. The Hall–Kier alpha value is -1.36. The van der Waals surface area contributed by atoms with Gasteiger partial charge < -0.3 is 4.74 Å². The van der Waals surface area contributed by atoms with E-state index in [4.69, 9.17) is 4.74 Å². The van der Waals surface area contributed by atoms with Crippen LogP contribution in [0, 0.1) is 5.92 Å². The van der Waals surface area contributed by atoms with E-state index in [-0.39, 0.29) is 0 Å². The average molecular weight is 337 g/mol. The highest BCUT2D eigenvalue weighted by atomic mass is 79.9. The first kappa shape index (κ1) is 13.6. The Kier molecular flexibility index (Phi) is 3.54. The fourth-order valence-corrected chi connectivity index (χ4v) is 3.48. The van der Waals surface area contributed by atoms with Crippen LogP contribution in [0.1, 0.15) is 32.2 Å². The molecule has 0 saturated heterocycles. The minimum absolute atomic E-state index is 0.310. The number of carbonyl (C=O) groups excluding carboxylic acids is 1. The summed E-state index contributed by atoms with van der Waals surface area (Å²) in [4.78, 5) is 11.5. The molecule has 1 aliphatic rings. The maximum atomic E-state index is 11.5. The number of benzene rings is 1. The van der Waals surface area contributed by atoms with E-state index >= 15 is 0 Å². The van der Waals surface area contributed by atoms with Crippen molar-refractivity contribution >= 4 is 32.6 Å². The second kappa shape index (κ2) is 5.20. The molecule has 1 aliphatic carbocycles. The van der Waals surface area contributed by atoms with Gasteiger partial charge >= 0.3 is 0 Å². The summed E-state index contributed by atoms with van der Waals surface area (Å²) in [6.45, 7) is 2.13. The Balaban J connectivity index is 1.98. The van der Waals surface area contributed by atoms with Gasteiger partial charge in [-0.3, -0.25) is 9.48 Å². The molecule has 4 nitrogen and oxygen atoms in total. The van der Waals surface area contributed by atoms with Crippen molar-refractivity contribution in [3.63, 3.8) is 0 Å². The van der Waals surface area contributed by atoms with Crippen LogP contribution in [0.3, 0.4) is 0 Å². The molecule has 1 saturated carbocycles. The lowest BCUT2D eigenvalue weighted by atomic mass is 9.85. The fourth-order valence-electron chi connectivity index (χ4n) is 2.95. The van der Waals surface area contributed by atoms with E-state index in [0.29, 0.717) is 30.6 Å². The zero-order chi connectivity index (χ0) is 14.3. The lowest BCUT2D eigenvalue weighted by Gasteiger charge is -2.28. The largest absolute Gasteiger partial charge is 0.495 e. The summed E-state index contributed by atoms with van der Waals surface area (Å²) in [7, 11) is 1.65. The highest BCUT2D eigenvalue weighted by Crippen LogP contribution is 2.34. The Morgan fingerprint density at radius 1 is 1.45 bits per heavy atom. The van der Waals surface area contributed by atoms with E-state index < -0.39 is 0 Å². The van der Waals surface area contributed by atoms with Gasteiger partial charge in [0.05, 0.1) is 23.1 Å². The van der Waals surface area contributed by atoms with E-state index in [1.165, 1.54) is 0 Å². The Morgan fingerprint density at radius 2 is 2.25 bits per heavy atom. The van der Waals surface area contributed by atoms with Crippen molar-refractivity contribution in [3.8, 4) is 5.75 Å². The number of Topliss-reactive ketones (excluding diaryl/α,β-unsaturated/α-hetero) is 1. The van der Waals surface area contributed by atoms with Gasteiger partial charge in [-0.1, -0.05) is 6.92 Å². The number of hydrogen-bond donors (Lipinski definition) is 0. The average Bonchev–Trinajstić information content (AvgIpc) is 2.79. The maximum Gasteiger partial charge on any atom is 0.135 e. The van der Waals surface area contributed by atoms with Crippen molar-refractivity contribution < 1.29 is 9.53 Å². The van der Waals surface area contributed by atoms with E-state index in [1.54, 1.807) is 7.11 Å². The minimum atomic E-state index is 0.310. The summed E-state index contributed by atoms with van der Waals surface area (Å²) in [5, 5.41) is 5.75. The molecular formula is C15H17BrN2O2. The molecule has 3 rings (SSSR count). The topological polar surface area (TPSA) is 44.1 Å². The van der Waals surface area contributed by atoms with Crippen LogP contribution in [0.25, 0.3) is 10.9 Å². The van der Waals surface area contributed by atoms with Crippen molar-refractivity contribution in [1.82, 2.24) is 9.78 Å². The lowest BCUT2D eigenvalue weighted by molar-refractivity contribution is -0.122. The van der Waals surface area contributed by atoms with Crippen molar-refractivity contribution in [2.75, 3.05) is 7.11 Å². The first-order valence-corrected chi connectivity index (χ1v) is 7.62. The summed E-state index contributed by atoms with van der Waals surface area (Å²) in [5.74, 6) is 1.50. The molecule has 0 radical (unpaired) electrons. The maximum absolute atomic E-state index is 11.5. The van der Waals surface area contributed by atoms with E-state index in [1.807, 2.05) is 16.8 Å². The van der Waals surface area contributed by atoms with Crippen LogP contribution in [-0.4, -0.2) is 22.7 Å². The van der Waals surface area contributed by atoms with Crippen molar-refractivity contribution in [3.05, 3.63) is 22.8 Å². The van der Waals surface area contributed by atoms with Gasteiger partial charge in [0.15, 0.2) is 0 Å². The van der Waals surface area contributed by atoms with Crippen LogP contribution in [0.15, 0.2) is 22.8 Å². The predicted molar refractivity (Wildman–Crippen MR) is 81.0 cm³/mol. The van der Waals surface area contributed by atoms with Crippen molar-refractivity contribution in [1.29, 1.82) is 0 Å². The molecule has 0 aliphatic heterocycles. The first-order valence-electron chi connectivity index (χ1n) is 6.82. The lowest BCUT2D eigenvalue weighted by Crippen LogP contribution is -2.26. The van der Waals surface area contributed by atoms with Crippen LogP contribution < -0.4 is 4.74 Å². The van der Waals surface area contributed by atoms with Gasteiger partial charge in [-0.2, -0.15) is 5.10 Å². The number of aromatic nitrogens is 2. The number of halogens is 1. The molecular weight excluding hydrogens is 320 g/mol. The first-order chi connectivity index (χ1) is 9.58. The zero-order valence-electron chi connectivity index (χ0n) is 11.6. The smallest absolute Gasteiger partial charge is 0.135 e. The van der Waals surface area contributed by atoms with Crippen molar-refractivity contribution in [2.45, 2.75) is 32.2 Å². The number of ether oxygens (including phenoxy) is 1. The van der Waals surface area contributed by atoms with E-state index in [9.17, 15) is 4.79 Å². The molecule has 1 aromatic heterocycles. The summed E-state index contributed by atoms with van der Waals surface area (Å²) >= 11 is 3.50. The van der Waals surface area contributed by atoms with Crippen LogP contribution in [-0.2, 0) is 4.79 Å². The Labute approximate surface area is 126 Å². The summed E-state index contributed by atoms with van der Waals surface area (Å²) in [5.41, 5.74) is 0.925. The molecule has 1 aromatic carbocycles. The number of rotatable bonds is 2. The molecule has 0 amide bonds. The molecule has 0 N–H and O–H groups in total. The Bertz CT molecular complexity index is 665. The summed E-state index contributed by atoms with van der Waals surface area (Å²) in [6.07, 6.45) is 4.27. The minimum Gasteiger partial charge on any atom is -0.495 e. The van der Waals surface area contributed by atoms with E-state index in [2.05, 4.69) is 34.1 Å². The second-order valence-electron chi connectivity index (χ2n) is 5.48. The van der Waals surface area contributed by atoms with Crippen LogP contribution >= 0.6 is 15.9 Å². The number of hydrogen-bond acceptors (Lipinski definition) is 3. The number of fused-ring (bicyclic) bond motifs is 1. The van der Waals surface area contributed by atoms with Gasteiger partial charge in [-0.05, 0) is 34.3 Å². The molecule has 0 bridgehead atoms. The van der Waals surface area contributed by atoms with Crippen LogP contribution in [0.4, 0.5) is 0 Å². The standard InChI is InChI=1S/C15H17BrN2O2/c1-9-5-11(19)3-4-14(9)18-8-10-6-12(16)15(20-2)7-13(10)17-18/h6-9,14H,3-5H2,1-2H3/t9-,14+/m1/s1. The quantitative estimate of drug-likeness (QED) is 0.839. The molecule has 2 aromatic rings. The zero-order valence-corrected chi connectivity index (χ0v) is 13.2. The molecule has 2 atom stereocenters. The third-order valence-corrected chi connectivity index (χ3v) is 4.68. The van der Waals surface area contributed by atoms with Gasteiger partial charge in [0, 0.05) is 30.5 Å². The normalized spacial score (nSPS) is 23.2. The van der Waals surface area contributed by atoms with E-state index in [0.717, 1.165) is 27.5 Å². The highest BCUT2D eigenvalue weighted by Gasteiger charge is 2.28. The fraction of sp³-hybridized carbons (Fsp3) is 0.467. The van der Waals surface area contributed by atoms with Crippen LogP contribution in [0.2, 0.25) is 0 Å². The monoisotopic (exact) mass is 336 g/mol. The SMILES string of the molecule is COc1cc2nn([C@H]3CCC(=O)C[C@H]3C)cc2cc1Br. The van der Waals surface area contributed by atoms with Gasteiger partial charge in [-0.15, -0.1) is 0 Å². The van der Waals surface area contributed by atoms with Gasteiger partial charge in [0.25, 0.3) is 0 Å². The third kappa shape index (κ3) is 2.35. The number of methoxy groups -OCH3 is 1. The summed E-state index contributed by atoms with van der Waals surface area (Å²) in [6, 6.07) is 4.27.